The van der Waals surface area contributed by atoms with Gasteiger partial charge in [0.1, 0.15) is 5.78 Å². The van der Waals surface area contributed by atoms with Crippen LogP contribution >= 0.6 is 27.5 Å². The molecule has 0 amide bonds. The van der Waals surface area contributed by atoms with Crippen molar-refractivity contribution in [3.05, 3.63) is 34.9 Å². The van der Waals surface area contributed by atoms with Crippen LogP contribution in [0.25, 0.3) is 0 Å². The Morgan fingerprint density at radius 3 is 2.47 bits per heavy atom. The van der Waals surface area contributed by atoms with Crippen LogP contribution in [0.3, 0.4) is 0 Å². The van der Waals surface area contributed by atoms with Crippen LogP contribution in [0.1, 0.15) is 25.3 Å². The Morgan fingerprint density at radius 1 is 1.53 bits per heavy atom. The maximum Gasteiger partial charge on any atom is 0.144 e. The van der Waals surface area contributed by atoms with Crippen molar-refractivity contribution in [1.29, 1.82) is 0 Å². The summed E-state index contributed by atoms with van der Waals surface area (Å²) in [6.07, 6.45) is 1.49. The van der Waals surface area contributed by atoms with Gasteiger partial charge in [0, 0.05) is 16.3 Å². The van der Waals surface area contributed by atoms with Gasteiger partial charge in [-0.15, -0.1) is 0 Å². The molecule has 3 heteroatoms. The molecular formula is C12H12BrClO. The second-order valence-corrected chi connectivity index (χ2v) is 5.47. The molecule has 1 aliphatic carbocycles. The third kappa shape index (κ3) is 1.74. The molecule has 0 bridgehead atoms. The maximum atomic E-state index is 11.9. The number of halogens is 2. The van der Waals surface area contributed by atoms with Crippen molar-refractivity contribution >= 4 is 33.3 Å². The fourth-order valence-electron chi connectivity index (χ4n) is 2.03. The first-order valence-electron chi connectivity index (χ1n) is 5.04. The molecule has 1 fully saturated rings. The van der Waals surface area contributed by atoms with Gasteiger partial charge in [0.15, 0.2) is 0 Å². The Kier molecular flexibility index (Phi) is 2.91. The van der Waals surface area contributed by atoms with E-state index in [1.54, 1.807) is 0 Å². The quantitative estimate of drug-likeness (QED) is 0.774. The highest BCUT2D eigenvalue weighted by atomic mass is 79.9. The van der Waals surface area contributed by atoms with Gasteiger partial charge in [0.2, 0.25) is 0 Å². The highest BCUT2D eigenvalue weighted by Gasteiger charge is 2.58. The first-order chi connectivity index (χ1) is 7.11. The number of benzene rings is 1. The Morgan fingerprint density at radius 2 is 2.07 bits per heavy atom. The lowest BCUT2D eigenvalue weighted by molar-refractivity contribution is -0.121. The Bertz CT molecular complexity index is 387. The minimum absolute atomic E-state index is 0.278. The molecule has 0 heterocycles. The van der Waals surface area contributed by atoms with E-state index in [-0.39, 0.29) is 5.41 Å². The van der Waals surface area contributed by atoms with E-state index >= 15 is 0 Å². The Hall–Kier alpha value is -0.340. The van der Waals surface area contributed by atoms with Gasteiger partial charge in [0.25, 0.3) is 0 Å². The molecule has 0 N–H and O–H groups in total. The summed E-state index contributed by atoms with van der Waals surface area (Å²) in [5.41, 5.74) is 0.805. The number of carbonyl (C=O) groups is 1. The molecule has 1 saturated carbocycles. The molecule has 1 nitrogen and oxygen atoms in total. The minimum Gasteiger partial charge on any atom is -0.299 e. The summed E-state index contributed by atoms with van der Waals surface area (Å²) < 4.78 is 0. The molecular weight excluding hydrogens is 275 g/mol. The Labute approximate surface area is 103 Å². The van der Waals surface area contributed by atoms with Crippen LogP contribution < -0.4 is 0 Å². The first-order valence-corrected chi connectivity index (χ1v) is 6.34. The van der Waals surface area contributed by atoms with E-state index in [4.69, 9.17) is 11.6 Å². The molecule has 1 aliphatic rings. The van der Waals surface area contributed by atoms with Gasteiger partial charge in [-0.3, -0.25) is 4.79 Å². The smallest absolute Gasteiger partial charge is 0.144 e. The largest absolute Gasteiger partial charge is 0.299 e. The fourth-order valence-corrected chi connectivity index (χ4v) is 3.19. The van der Waals surface area contributed by atoms with Crippen molar-refractivity contribution in [3.63, 3.8) is 0 Å². The molecule has 0 aromatic heterocycles. The summed E-state index contributed by atoms with van der Waals surface area (Å²) in [6.45, 7) is 1.91. The van der Waals surface area contributed by atoms with Crippen molar-refractivity contribution in [2.24, 2.45) is 0 Å². The molecule has 0 spiro atoms. The van der Waals surface area contributed by atoms with Crippen molar-refractivity contribution in [1.82, 2.24) is 0 Å². The molecule has 15 heavy (non-hydrogen) atoms. The van der Waals surface area contributed by atoms with Crippen molar-refractivity contribution in [2.75, 3.05) is 0 Å². The first kappa shape index (κ1) is 11.2. The standard InChI is InChI=1S/C12H12BrClO/c1-2-11(15)12(7-10(12)13)8-3-5-9(14)6-4-8/h3-6,10H,2,7H2,1H3. The number of rotatable bonds is 3. The van der Waals surface area contributed by atoms with Gasteiger partial charge in [-0.25, -0.2) is 0 Å². The molecule has 1 aromatic rings. The monoisotopic (exact) mass is 286 g/mol. The summed E-state index contributed by atoms with van der Waals surface area (Å²) in [5, 5.41) is 0.713. The number of hydrogen-bond donors (Lipinski definition) is 0. The average molecular weight is 288 g/mol. The van der Waals surface area contributed by atoms with Gasteiger partial charge >= 0.3 is 0 Å². The van der Waals surface area contributed by atoms with Gasteiger partial charge < -0.3 is 0 Å². The summed E-state index contributed by atoms with van der Waals surface area (Å²) in [7, 11) is 0. The van der Waals surface area contributed by atoms with E-state index in [0.29, 0.717) is 22.1 Å². The van der Waals surface area contributed by atoms with Gasteiger partial charge in [-0.1, -0.05) is 46.6 Å². The normalized spacial score (nSPS) is 28.9. The molecule has 2 unspecified atom stereocenters. The lowest BCUT2D eigenvalue weighted by Crippen LogP contribution is -2.22. The van der Waals surface area contributed by atoms with Crippen LogP contribution in [0.5, 0.6) is 0 Å². The molecule has 0 radical (unpaired) electrons. The SMILES string of the molecule is CCC(=O)C1(c2ccc(Cl)cc2)CC1Br. The van der Waals surface area contributed by atoms with E-state index in [2.05, 4.69) is 15.9 Å². The number of ketones is 1. The van der Waals surface area contributed by atoms with Crippen LogP contribution in [0.2, 0.25) is 5.02 Å². The summed E-state index contributed by atoms with van der Waals surface area (Å²) in [6, 6.07) is 7.60. The summed E-state index contributed by atoms with van der Waals surface area (Å²) in [4.78, 5) is 12.2. The zero-order valence-electron chi connectivity index (χ0n) is 8.47. The molecule has 0 saturated heterocycles. The minimum atomic E-state index is -0.278. The van der Waals surface area contributed by atoms with Crippen LogP contribution in [-0.4, -0.2) is 10.6 Å². The predicted molar refractivity (Wildman–Crippen MR) is 65.8 cm³/mol. The third-order valence-corrected chi connectivity index (χ3v) is 4.41. The van der Waals surface area contributed by atoms with E-state index in [1.807, 2.05) is 31.2 Å². The molecule has 0 aliphatic heterocycles. The van der Waals surface area contributed by atoms with Gasteiger partial charge in [0.05, 0.1) is 5.41 Å². The zero-order valence-corrected chi connectivity index (χ0v) is 10.8. The van der Waals surface area contributed by atoms with Gasteiger partial charge in [-0.05, 0) is 24.1 Å². The molecule has 2 atom stereocenters. The van der Waals surface area contributed by atoms with Crippen molar-refractivity contribution in [2.45, 2.75) is 30.0 Å². The van der Waals surface area contributed by atoms with Gasteiger partial charge in [-0.2, -0.15) is 0 Å². The highest BCUT2D eigenvalue weighted by molar-refractivity contribution is 9.09. The topological polar surface area (TPSA) is 17.1 Å². The lowest BCUT2D eigenvalue weighted by atomic mass is 9.90. The number of Topliss-reactive ketones (excluding diaryl/α,β-unsaturated/α-hetero) is 1. The average Bonchev–Trinajstić information content (AvgIpc) is 2.91. The number of alkyl halides is 1. The second-order valence-electron chi connectivity index (χ2n) is 3.93. The molecule has 1 aromatic carbocycles. The Balaban J connectivity index is 2.36. The summed E-state index contributed by atoms with van der Waals surface area (Å²) >= 11 is 9.38. The van der Waals surface area contributed by atoms with E-state index in [9.17, 15) is 4.79 Å². The van der Waals surface area contributed by atoms with E-state index in [1.165, 1.54) is 0 Å². The van der Waals surface area contributed by atoms with Crippen LogP contribution in [0.4, 0.5) is 0 Å². The highest BCUT2D eigenvalue weighted by Crippen LogP contribution is 2.54. The zero-order chi connectivity index (χ0) is 11.1. The van der Waals surface area contributed by atoms with E-state index < -0.39 is 0 Å². The predicted octanol–water partition coefficient (Wildman–Crippen LogP) is 3.72. The van der Waals surface area contributed by atoms with E-state index in [0.717, 1.165) is 12.0 Å². The lowest BCUT2D eigenvalue weighted by Gasteiger charge is -2.14. The van der Waals surface area contributed by atoms with Crippen LogP contribution in [0.15, 0.2) is 24.3 Å². The summed E-state index contributed by atoms with van der Waals surface area (Å²) in [5.74, 6) is 0.312. The van der Waals surface area contributed by atoms with Crippen LogP contribution in [0, 0.1) is 0 Å². The number of hydrogen-bond acceptors (Lipinski definition) is 1. The molecule has 2 rings (SSSR count). The van der Waals surface area contributed by atoms with Crippen molar-refractivity contribution in [3.8, 4) is 0 Å². The third-order valence-electron chi connectivity index (χ3n) is 3.05. The fraction of sp³-hybridized carbons (Fsp3) is 0.417. The number of carbonyl (C=O) groups excluding carboxylic acids is 1. The maximum absolute atomic E-state index is 11.9. The van der Waals surface area contributed by atoms with Crippen molar-refractivity contribution < 1.29 is 4.79 Å². The van der Waals surface area contributed by atoms with Crippen LogP contribution in [-0.2, 0) is 10.2 Å². The second kappa shape index (κ2) is 3.91. The molecule has 80 valence electrons.